The van der Waals surface area contributed by atoms with Crippen molar-refractivity contribution in [3.8, 4) is 0 Å². The summed E-state index contributed by atoms with van der Waals surface area (Å²) >= 11 is 0. The molecule has 0 aliphatic heterocycles. The van der Waals surface area contributed by atoms with E-state index in [0.29, 0.717) is 6.61 Å². The first-order valence-electron chi connectivity index (χ1n) is 3.46. The van der Waals surface area contributed by atoms with Crippen LogP contribution in [0.2, 0.25) is 0 Å². The second-order valence-corrected chi connectivity index (χ2v) is 2.40. The Bertz CT molecular complexity index is 61.9. The molecule has 56 valence electrons. The fraction of sp³-hybridized carbons (Fsp3) is 1.00. The molecule has 0 radical (unpaired) electrons. The lowest BCUT2D eigenvalue weighted by molar-refractivity contribution is 0.00420. The van der Waals surface area contributed by atoms with Crippen molar-refractivity contribution in [3.05, 3.63) is 0 Å². The number of aliphatic hydroxyl groups is 1. The van der Waals surface area contributed by atoms with Crippen molar-refractivity contribution in [2.45, 2.75) is 39.4 Å². The predicted molar refractivity (Wildman–Crippen MR) is 37.4 cm³/mol. The summed E-state index contributed by atoms with van der Waals surface area (Å²) in [5.41, 5.74) is 0. The molecule has 2 atom stereocenters. The SMILES string of the molecule is CCC(C)OC[C@@H](C)O. The third-order valence-electron chi connectivity index (χ3n) is 1.20. The molecule has 0 saturated heterocycles. The average molecular weight is 132 g/mol. The zero-order valence-corrected chi connectivity index (χ0v) is 6.42. The van der Waals surface area contributed by atoms with Crippen molar-refractivity contribution in [1.29, 1.82) is 0 Å². The van der Waals surface area contributed by atoms with Gasteiger partial charge in [-0.2, -0.15) is 0 Å². The largest absolute Gasteiger partial charge is 0.391 e. The van der Waals surface area contributed by atoms with E-state index in [9.17, 15) is 0 Å². The lowest BCUT2D eigenvalue weighted by Gasteiger charge is -2.11. The fourth-order valence-corrected chi connectivity index (χ4v) is 0.421. The summed E-state index contributed by atoms with van der Waals surface area (Å²) in [5, 5.41) is 8.77. The first-order valence-corrected chi connectivity index (χ1v) is 3.46. The number of aliphatic hydroxyl groups excluding tert-OH is 1. The number of rotatable bonds is 4. The van der Waals surface area contributed by atoms with Crippen molar-refractivity contribution in [2.75, 3.05) is 6.61 Å². The summed E-state index contributed by atoms with van der Waals surface area (Å²) < 4.78 is 5.20. The van der Waals surface area contributed by atoms with Crippen molar-refractivity contribution >= 4 is 0 Å². The molecule has 0 bridgehead atoms. The Hall–Kier alpha value is -0.0800. The Morgan fingerprint density at radius 3 is 2.33 bits per heavy atom. The van der Waals surface area contributed by atoms with Gasteiger partial charge in [-0.3, -0.25) is 0 Å². The molecule has 0 aromatic rings. The van der Waals surface area contributed by atoms with Crippen LogP contribution in [-0.4, -0.2) is 23.9 Å². The maximum atomic E-state index is 8.77. The van der Waals surface area contributed by atoms with Crippen molar-refractivity contribution < 1.29 is 9.84 Å². The van der Waals surface area contributed by atoms with E-state index in [1.54, 1.807) is 6.92 Å². The van der Waals surface area contributed by atoms with Crippen LogP contribution in [0.15, 0.2) is 0 Å². The average Bonchev–Trinajstić information content (AvgIpc) is 1.83. The van der Waals surface area contributed by atoms with E-state index in [2.05, 4.69) is 6.92 Å². The molecule has 2 nitrogen and oxygen atoms in total. The third-order valence-corrected chi connectivity index (χ3v) is 1.20. The van der Waals surface area contributed by atoms with Gasteiger partial charge >= 0.3 is 0 Å². The first-order chi connectivity index (χ1) is 4.16. The second-order valence-electron chi connectivity index (χ2n) is 2.40. The standard InChI is InChI=1S/C7H16O2/c1-4-7(3)9-5-6(2)8/h6-8H,4-5H2,1-3H3/t6-,7?/m1/s1. The molecule has 0 amide bonds. The summed E-state index contributed by atoms with van der Waals surface area (Å²) in [6.45, 7) is 6.24. The molecule has 1 N–H and O–H groups in total. The highest BCUT2D eigenvalue weighted by Crippen LogP contribution is 1.96. The molecule has 0 aromatic heterocycles. The summed E-state index contributed by atoms with van der Waals surface area (Å²) in [4.78, 5) is 0. The summed E-state index contributed by atoms with van der Waals surface area (Å²) in [6.07, 6.45) is 0.950. The van der Waals surface area contributed by atoms with E-state index < -0.39 is 0 Å². The number of hydrogen-bond acceptors (Lipinski definition) is 2. The second kappa shape index (κ2) is 4.77. The van der Waals surface area contributed by atoms with Gasteiger partial charge in [-0.1, -0.05) is 6.92 Å². The van der Waals surface area contributed by atoms with Crippen LogP contribution in [0.5, 0.6) is 0 Å². The van der Waals surface area contributed by atoms with E-state index in [0.717, 1.165) is 6.42 Å². The Morgan fingerprint density at radius 1 is 1.44 bits per heavy atom. The minimum atomic E-state index is -0.334. The maximum absolute atomic E-state index is 8.77. The Kier molecular flexibility index (Phi) is 4.72. The van der Waals surface area contributed by atoms with E-state index in [1.807, 2.05) is 6.92 Å². The van der Waals surface area contributed by atoms with Gasteiger partial charge in [0.1, 0.15) is 0 Å². The molecule has 0 spiro atoms. The van der Waals surface area contributed by atoms with Crippen LogP contribution in [0.1, 0.15) is 27.2 Å². The van der Waals surface area contributed by atoms with Crippen LogP contribution >= 0.6 is 0 Å². The van der Waals surface area contributed by atoms with Gasteiger partial charge in [-0.15, -0.1) is 0 Å². The molecule has 0 aliphatic carbocycles. The Morgan fingerprint density at radius 2 is 2.00 bits per heavy atom. The molecule has 0 heterocycles. The fourth-order valence-electron chi connectivity index (χ4n) is 0.421. The van der Waals surface area contributed by atoms with Gasteiger partial charge in [-0.25, -0.2) is 0 Å². The lowest BCUT2D eigenvalue weighted by Crippen LogP contribution is -2.16. The monoisotopic (exact) mass is 132 g/mol. The van der Waals surface area contributed by atoms with Crippen LogP contribution in [0.25, 0.3) is 0 Å². The zero-order chi connectivity index (χ0) is 7.28. The van der Waals surface area contributed by atoms with E-state index in [4.69, 9.17) is 9.84 Å². The highest BCUT2D eigenvalue weighted by Gasteiger charge is 1.99. The molecule has 0 rings (SSSR count). The van der Waals surface area contributed by atoms with Gasteiger partial charge in [0.25, 0.3) is 0 Å². The quantitative estimate of drug-likeness (QED) is 0.622. The number of ether oxygens (including phenoxy) is 1. The van der Waals surface area contributed by atoms with Gasteiger partial charge in [0.05, 0.1) is 18.8 Å². The van der Waals surface area contributed by atoms with Gasteiger partial charge in [0.15, 0.2) is 0 Å². The van der Waals surface area contributed by atoms with Gasteiger partial charge in [-0.05, 0) is 20.3 Å². The Balaban J connectivity index is 3.06. The minimum absolute atomic E-state index is 0.277. The molecule has 0 aromatic carbocycles. The molecule has 9 heavy (non-hydrogen) atoms. The zero-order valence-electron chi connectivity index (χ0n) is 6.42. The Labute approximate surface area is 56.8 Å². The van der Waals surface area contributed by atoms with E-state index >= 15 is 0 Å². The van der Waals surface area contributed by atoms with E-state index in [1.165, 1.54) is 0 Å². The molecular formula is C7H16O2. The smallest absolute Gasteiger partial charge is 0.0745 e. The maximum Gasteiger partial charge on any atom is 0.0745 e. The van der Waals surface area contributed by atoms with Crippen LogP contribution in [0.4, 0.5) is 0 Å². The topological polar surface area (TPSA) is 29.5 Å². The first kappa shape index (κ1) is 8.92. The van der Waals surface area contributed by atoms with E-state index in [-0.39, 0.29) is 12.2 Å². The van der Waals surface area contributed by atoms with Crippen molar-refractivity contribution in [1.82, 2.24) is 0 Å². The summed E-state index contributed by atoms with van der Waals surface area (Å²) in [6, 6.07) is 0. The predicted octanol–water partition coefficient (Wildman–Crippen LogP) is 1.18. The molecule has 0 aliphatic rings. The molecule has 2 heteroatoms. The van der Waals surface area contributed by atoms with Crippen LogP contribution in [0.3, 0.4) is 0 Å². The minimum Gasteiger partial charge on any atom is -0.391 e. The van der Waals surface area contributed by atoms with Crippen LogP contribution < -0.4 is 0 Å². The normalized spacial score (nSPS) is 17.3. The van der Waals surface area contributed by atoms with Gasteiger partial charge in [0, 0.05) is 0 Å². The third kappa shape index (κ3) is 5.80. The summed E-state index contributed by atoms with van der Waals surface area (Å²) in [5.74, 6) is 0. The molecule has 0 fully saturated rings. The highest BCUT2D eigenvalue weighted by molar-refractivity contribution is 4.47. The van der Waals surface area contributed by atoms with Crippen LogP contribution in [0, 0.1) is 0 Å². The molecule has 1 unspecified atom stereocenters. The lowest BCUT2D eigenvalue weighted by atomic mass is 10.3. The van der Waals surface area contributed by atoms with Crippen molar-refractivity contribution in [2.24, 2.45) is 0 Å². The highest BCUT2D eigenvalue weighted by atomic mass is 16.5. The number of hydrogen-bond donors (Lipinski definition) is 1. The van der Waals surface area contributed by atoms with Gasteiger partial charge in [0.2, 0.25) is 0 Å². The summed E-state index contributed by atoms with van der Waals surface area (Å²) in [7, 11) is 0. The molecule has 0 saturated carbocycles. The van der Waals surface area contributed by atoms with Crippen molar-refractivity contribution in [3.63, 3.8) is 0 Å². The van der Waals surface area contributed by atoms with Crippen LogP contribution in [-0.2, 0) is 4.74 Å². The van der Waals surface area contributed by atoms with Gasteiger partial charge < -0.3 is 9.84 Å². The molecular weight excluding hydrogens is 116 g/mol.